The van der Waals surface area contributed by atoms with E-state index in [2.05, 4.69) is 15.2 Å². The quantitative estimate of drug-likeness (QED) is 0.272. The minimum atomic E-state index is -1.14. The molecule has 1 aromatic carbocycles. The molecular weight excluding hydrogens is 530 g/mol. The molecule has 1 N–H and O–H groups in total. The molecule has 2 aliphatic rings. The maximum absolute atomic E-state index is 13.1. The molecule has 3 amide bonds. The van der Waals surface area contributed by atoms with Crippen molar-refractivity contribution in [2.24, 2.45) is 11.3 Å². The molecule has 1 saturated carbocycles. The van der Waals surface area contributed by atoms with Gasteiger partial charge in [-0.05, 0) is 76.3 Å². The van der Waals surface area contributed by atoms with Crippen molar-refractivity contribution in [3.05, 3.63) is 48.3 Å². The lowest BCUT2D eigenvalue weighted by Crippen LogP contribution is -2.47. The Morgan fingerprint density at radius 3 is 2.45 bits per heavy atom. The Kier molecular flexibility index (Phi) is 11.0. The molecule has 1 aliphatic carbocycles. The van der Waals surface area contributed by atoms with E-state index >= 15 is 0 Å². The van der Waals surface area contributed by atoms with Crippen molar-refractivity contribution >= 4 is 29.1 Å². The van der Waals surface area contributed by atoms with Gasteiger partial charge >= 0.3 is 0 Å². The SMILES string of the molecule is CCN1C(=O)C(C)(C)C(=O)N(C)c2cc(OCCCN(CCCNC(=O)C3CCCCC3)Cc3ccncc3)ccc21. The van der Waals surface area contributed by atoms with Crippen LogP contribution in [0.5, 0.6) is 5.75 Å². The van der Waals surface area contributed by atoms with Gasteiger partial charge in [-0.25, -0.2) is 0 Å². The number of carbonyl (C=O) groups excluding carboxylic acids is 3. The topological polar surface area (TPSA) is 95.1 Å². The minimum Gasteiger partial charge on any atom is -0.493 e. The van der Waals surface area contributed by atoms with Crippen molar-refractivity contribution in [1.29, 1.82) is 0 Å². The first-order valence-corrected chi connectivity index (χ1v) is 15.5. The summed E-state index contributed by atoms with van der Waals surface area (Å²) in [5, 5.41) is 3.16. The van der Waals surface area contributed by atoms with E-state index in [1.807, 2.05) is 49.6 Å². The Hall–Kier alpha value is -3.46. The highest BCUT2D eigenvalue weighted by Crippen LogP contribution is 2.40. The summed E-state index contributed by atoms with van der Waals surface area (Å²) >= 11 is 0. The number of amides is 3. The molecule has 2 aromatic rings. The Labute approximate surface area is 250 Å². The van der Waals surface area contributed by atoms with Crippen LogP contribution in [0.2, 0.25) is 0 Å². The summed E-state index contributed by atoms with van der Waals surface area (Å²) in [6, 6.07) is 9.67. The molecule has 0 spiro atoms. The number of pyridine rings is 1. The summed E-state index contributed by atoms with van der Waals surface area (Å²) < 4.78 is 6.13. The number of ether oxygens (including phenoxy) is 1. The third-order valence-electron chi connectivity index (χ3n) is 8.50. The number of nitrogens with zero attached hydrogens (tertiary/aromatic N) is 4. The van der Waals surface area contributed by atoms with E-state index < -0.39 is 5.41 Å². The molecule has 9 nitrogen and oxygen atoms in total. The Bertz CT molecular complexity index is 1210. The highest BCUT2D eigenvalue weighted by Gasteiger charge is 2.45. The summed E-state index contributed by atoms with van der Waals surface area (Å²) in [5.74, 6) is 0.641. The standard InChI is InChI=1S/C33H47N5O4/c1-5-38-28-14-13-27(23-29(28)36(4)31(40)33(2,3)32(38)41)42-22-10-21-37(24-25-15-18-34-19-16-25)20-9-17-35-30(39)26-11-7-6-8-12-26/h13-16,18-19,23,26H,5-12,17,20-22,24H2,1-4H3,(H,35,39). The fourth-order valence-electron chi connectivity index (χ4n) is 5.99. The Balaban J connectivity index is 1.32. The molecule has 0 bridgehead atoms. The second-order valence-corrected chi connectivity index (χ2v) is 12.0. The third-order valence-corrected chi connectivity index (χ3v) is 8.50. The molecule has 0 radical (unpaired) electrons. The van der Waals surface area contributed by atoms with Crippen LogP contribution in [0.4, 0.5) is 11.4 Å². The molecule has 0 unspecified atom stereocenters. The van der Waals surface area contributed by atoms with Gasteiger partial charge in [-0.2, -0.15) is 0 Å². The number of rotatable bonds is 13. The lowest BCUT2D eigenvalue weighted by Gasteiger charge is -2.27. The number of hydrogen-bond donors (Lipinski definition) is 1. The molecule has 42 heavy (non-hydrogen) atoms. The Morgan fingerprint density at radius 1 is 1.02 bits per heavy atom. The number of fused-ring (bicyclic) bond motifs is 1. The van der Waals surface area contributed by atoms with Crippen LogP contribution in [0.3, 0.4) is 0 Å². The zero-order valence-electron chi connectivity index (χ0n) is 25.7. The van der Waals surface area contributed by atoms with E-state index in [4.69, 9.17) is 4.74 Å². The average Bonchev–Trinajstić information content (AvgIpc) is 3.06. The van der Waals surface area contributed by atoms with Crippen molar-refractivity contribution in [2.75, 3.05) is 49.6 Å². The van der Waals surface area contributed by atoms with Crippen LogP contribution in [0.25, 0.3) is 0 Å². The van der Waals surface area contributed by atoms with Gasteiger partial charge in [0.15, 0.2) is 0 Å². The zero-order chi connectivity index (χ0) is 30.1. The van der Waals surface area contributed by atoms with Crippen LogP contribution < -0.4 is 19.9 Å². The van der Waals surface area contributed by atoms with E-state index in [1.54, 1.807) is 30.7 Å². The lowest BCUT2D eigenvalue weighted by molar-refractivity contribution is -0.137. The predicted molar refractivity (Wildman–Crippen MR) is 165 cm³/mol. The van der Waals surface area contributed by atoms with Gasteiger partial charge in [-0.1, -0.05) is 19.3 Å². The van der Waals surface area contributed by atoms with Crippen LogP contribution >= 0.6 is 0 Å². The van der Waals surface area contributed by atoms with Crippen LogP contribution in [0.1, 0.15) is 71.3 Å². The summed E-state index contributed by atoms with van der Waals surface area (Å²) in [4.78, 5) is 48.5. The molecule has 9 heteroatoms. The number of anilines is 2. The lowest BCUT2D eigenvalue weighted by atomic mass is 9.89. The van der Waals surface area contributed by atoms with Crippen LogP contribution in [0.15, 0.2) is 42.7 Å². The van der Waals surface area contributed by atoms with Crippen molar-refractivity contribution in [1.82, 2.24) is 15.2 Å². The second kappa shape index (κ2) is 14.6. The second-order valence-electron chi connectivity index (χ2n) is 12.0. The van der Waals surface area contributed by atoms with E-state index in [0.717, 1.165) is 63.8 Å². The van der Waals surface area contributed by atoms with Gasteiger partial charge in [-0.3, -0.25) is 24.3 Å². The first kappa shape index (κ1) is 31.5. The van der Waals surface area contributed by atoms with Crippen LogP contribution in [-0.4, -0.2) is 67.4 Å². The fourth-order valence-corrected chi connectivity index (χ4v) is 5.99. The number of aromatic nitrogens is 1. The Morgan fingerprint density at radius 2 is 1.74 bits per heavy atom. The third kappa shape index (κ3) is 7.68. The van der Waals surface area contributed by atoms with Gasteiger partial charge < -0.3 is 19.9 Å². The summed E-state index contributed by atoms with van der Waals surface area (Å²) in [6.07, 6.45) is 10.9. The first-order valence-electron chi connectivity index (χ1n) is 15.5. The molecule has 2 heterocycles. The van der Waals surface area contributed by atoms with E-state index in [-0.39, 0.29) is 23.6 Å². The van der Waals surface area contributed by atoms with Gasteiger partial charge in [0.05, 0.1) is 18.0 Å². The molecule has 1 aliphatic heterocycles. The monoisotopic (exact) mass is 577 g/mol. The number of benzene rings is 1. The molecule has 1 fully saturated rings. The highest BCUT2D eigenvalue weighted by molar-refractivity contribution is 6.20. The average molecular weight is 578 g/mol. The summed E-state index contributed by atoms with van der Waals surface area (Å²) in [6.45, 7) is 9.49. The molecule has 0 saturated heterocycles. The normalized spacial score (nSPS) is 17.3. The number of hydrogen-bond acceptors (Lipinski definition) is 6. The van der Waals surface area contributed by atoms with Crippen LogP contribution in [-0.2, 0) is 20.9 Å². The smallest absolute Gasteiger partial charge is 0.242 e. The highest BCUT2D eigenvalue weighted by atomic mass is 16.5. The minimum absolute atomic E-state index is 0.187. The van der Waals surface area contributed by atoms with Crippen molar-refractivity contribution in [3.8, 4) is 5.75 Å². The number of carbonyl (C=O) groups is 3. The first-order chi connectivity index (χ1) is 20.2. The maximum Gasteiger partial charge on any atom is 0.242 e. The molecule has 1 aromatic heterocycles. The maximum atomic E-state index is 13.1. The van der Waals surface area contributed by atoms with Crippen LogP contribution in [0, 0.1) is 11.3 Å². The fraction of sp³-hybridized carbons (Fsp3) is 0.576. The van der Waals surface area contributed by atoms with Crippen molar-refractivity contribution < 1.29 is 19.1 Å². The zero-order valence-corrected chi connectivity index (χ0v) is 25.7. The van der Waals surface area contributed by atoms with Gasteiger partial charge in [0.25, 0.3) is 0 Å². The van der Waals surface area contributed by atoms with Gasteiger partial charge in [0.2, 0.25) is 17.7 Å². The largest absolute Gasteiger partial charge is 0.493 e. The van der Waals surface area contributed by atoms with Crippen molar-refractivity contribution in [3.63, 3.8) is 0 Å². The van der Waals surface area contributed by atoms with Gasteiger partial charge in [-0.15, -0.1) is 0 Å². The molecule has 4 rings (SSSR count). The van der Waals surface area contributed by atoms with E-state index in [9.17, 15) is 14.4 Å². The summed E-state index contributed by atoms with van der Waals surface area (Å²) in [5.41, 5.74) is 1.46. The van der Waals surface area contributed by atoms with E-state index in [1.165, 1.54) is 12.0 Å². The number of nitrogens with one attached hydrogen (secondary N) is 1. The molecular formula is C33H47N5O4. The molecule has 228 valence electrons. The van der Waals surface area contributed by atoms with E-state index in [0.29, 0.717) is 31.1 Å². The molecule has 0 atom stereocenters. The van der Waals surface area contributed by atoms with Crippen molar-refractivity contribution in [2.45, 2.75) is 72.3 Å². The predicted octanol–water partition coefficient (Wildman–Crippen LogP) is 4.79. The van der Waals surface area contributed by atoms with Gasteiger partial charge in [0, 0.05) is 64.1 Å². The summed E-state index contributed by atoms with van der Waals surface area (Å²) in [7, 11) is 1.72. The van der Waals surface area contributed by atoms with Gasteiger partial charge in [0.1, 0.15) is 11.2 Å².